The summed E-state index contributed by atoms with van der Waals surface area (Å²) in [6.07, 6.45) is 1.26. The molecular weight excluding hydrogens is 424 g/mol. The van der Waals surface area contributed by atoms with E-state index >= 15 is 0 Å². The number of ketones is 1. The van der Waals surface area contributed by atoms with Gasteiger partial charge in [0.25, 0.3) is 0 Å². The van der Waals surface area contributed by atoms with Gasteiger partial charge in [-0.15, -0.1) is 5.10 Å². The van der Waals surface area contributed by atoms with Crippen LogP contribution >= 0.6 is 11.6 Å². The number of ether oxygens (including phenoxy) is 1. The van der Waals surface area contributed by atoms with Crippen molar-refractivity contribution in [3.63, 3.8) is 0 Å². The molecule has 1 aliphatic carbocycles. The Hall–Kier alpha value is -3.12. The van der Waals surface area contributed by atoms with Gasteiger partial charge in [0.05, 0.1) is 6.61 Å². The van der Waals surface area contributed by atoms with Gasteiger partial charge in [0.2, 0.25) is 5.95 Å². The quantitative estimate of drug-likeness (QED) is 0.558. The third kappa shape index (κ3) is 3.58. The molecule has 1 aromatic heterocycles. The molecule has 0 amide bonds. The molecule has 5 rings (SSSR count). The van der Waals surface area contributed by atoms with Crippen molar-refractivity contribution >= 4 is 23.3 Å². The van der Waals surface area contributed by atoms with Crippen LogP contribution in [0.2, 0.25) is 5.02 Å². The van der Waals surface area contributed by atoms with Crippen LogP contribution in [-0.4, -0.2) is 27.2 Å². The number of nitrogens with one attached hydrogen (secondary N) is 1. The first kappa shape index (κ1) is 20.8. The van der Waals surface area contributed by atoms with E-state index in [9.17, 15) is 4.79 Å². The first-order valence-corrected chi connectivity index (χ1v) is 11.2. The lowest BCUT2D eigenvalue weighted by Crippen LogP contribution is -2.36. The number of allylic oxidation sites excluding steroid dienone is 2. The van der Waals surface area contributed by atoms with Gasteiger partial charge in [0.1, 0.15) is 11.8 Å². The highest BCUT2D eigenvalue weighted by molar-refractivity contribution is 6.30. The molecule has 2 aliphatic rings. The molecule has 0 saturated carbocycles. The Bertz CT molecular complexity index is 1230. The zero-order chi connectivity index (χ0) is 22.5. The Morgan fingerprint density at radius 1 is 1.16 bits per heavy atom. The van der Waals surface area contributed by atoms with E-state index in [2.05, 4.69) is 19.2 Å². The standard InChI is InChI=1S/C25H25ClN4O2/c1-4-32-20-8-6-5-7-17(20)22-21-18(13-25(2,3)14-19(21)31)27-24-28-23(29-30(22)24)15-9-11-16(26)12-10-15/h5-12,22H,4,13-14H2,1-3H3,(H,27,28,29). The lowest BCUT2D eigenvalue weighted by atomic mass is 9.73. The topological polar surface area (TPSA) is 69.0 Å². The number of Topliss-reactive ketones (excluding diaryl/α,β-unsaturated/α-hetero) is 1. The molecular formula is C25H25ClN4O2. The maximum Gasteiger partial charge on any atom is 0.226 e. The Labute approximate surface area is 192 Å². The van der Waals surface area contributed by atoms with Crippen LogP contribution in [0.3, 0.4) is 0 Å². The number of carbonyl (C=O) groups excluding carboxylic acids is 1. The van der Waals surface area contributed by atoms with Gasteiger partial charge in [-0.05, 0) is 49.1 Å². The molecule has 1 atom stereocenters. The maximum absolute atomic E-state index is 13.4. The first-order chi connectivity index (χ1) is 15.4. The Balaban J connectivity index is 1.70. The summed E-state index contributed by atoms with van der Waals surface area (Å²) in [6, 6.07) is 14.9. The van der Waals surface area contributed by atoms with E-state index in [-0.39, 0.29) is 11.2 Å². The predicted octanol–water partition coefficient (Wildman–Crippen LogP) is 5.66. The Morgan fingerprint density at radius 3 is 2.66 bits per heavy atom. The molecule has 2 aromatic carbocycles. The minimum absolute atomic E-state index is 0.117. The largest absolute Gasteiger partial charge is 0.494 e. The fraction of sp³-hybridized carbons (Fsp3) is 0.320. The minimum atomic E-state index is -0.402. The summed E-state index contributed by atoms with van der Waals surface area (Å²) >= 11 is 6.06. The Kier molecular flexibility index (Phi) is 5.05. The molecule has 32 heavy (non-hydrogen) atoms. The molecule has 3 aromatic rings. The molecule has 1 unspecified atom stereocenters. The summed E-state index contributed by atoms with van der Waals surface area (Å²) in [5.41, 5.74) is 3.32. The van der Waals surface area contributed by atoms with E-state index in [1.165, 1.54) is 0 Å². The number of nitrogens with zero attached hydrogens (tertiary/aromatic N) is 3. The number of para-hydroxylation sites is 1. The highest BCUT2D eigenvalue weighted by atomic mass is 35.5. The van der Waals surface area contributed by atoms with Crippen molar-refractivity contribution in [2.24, 2.45) is 5.41 Å². The minimum Gasteiger partial charge on any atom is -0.494 e. The summed E-state index contributed by atoms with van der Waals surface area (Å²) in [4.78, 5) is 18.2. The van der Waals surface area contributed by atoms with E-state index in [0.717, 1.165) is 34.6 Å². The molecule has 7 heteroatoms. The van der Waals surface area contributed by atoms with Crippen molar-refractivity contribution in [2.45, 2.75) is 39.7 Å². The monoisotopic (exact) mass is 448 g/mol. The molecule has 2 heterocycles. The number of anilines is 1. The summed E-state index contributed by atoms with van der Waals surface area (Å²) in [7, 11) is 0. The second-order valence-corrected chi connectivity index (χ2v) is 9.48. The van der Waals surface area contributed by atoms with E-state index in [1.807, 2.05) is 60.1 Å². The second kappa shape index (κ2) is 7.78. The molecule has 0 fully saturated rings. The van der Waals surface area contributed by atoms with Crippen LogP contribution in [0.4, 0.5) is 5.95 Å². The number of hydrogen-bond acceptors (Lipinski definition) is 5. The lowest BCUT2D eigenvalue weighted by Gasteiger charge is -2.38. The average molecular weight is 449 g/mol. The van der Waals surface area contributed by atoms with E-state index in [1.54, 1.807) is 0 Å². The smallest absolute Gasteiger partial charge is 0.226 e. The molecule has 0 radical (unpaired) electrons. The van der Waals surface area contributed by atoms with Crippen LogP contribution in [0, 0.1) is 5.41 Å². The van der Waals surface area contributed by atoms with Crippen molar-refractivity contribution in [1.82, 2.24) is 14.8 Å². The van der Waals surface area contributed by atoms with Crippen molar-refractivity contribution in [3.05, 3.63) is 70.4 Å². The fourth-order valence-electron chi connectivity index (χ4n) is 4.61. The van der Waals surface area contributed by atoms with Crippen LogP contribution in [-0.2, 0) is 4.79 Å². The van der Waals surface area contributed by atoms with Gasteiger partial charge in [0.15, 0.2) is 11.6 Å². The number of hydrogen-bond donors (Lipinski definition) is 1. The number of rotatable bonds is 4. The summed E-state index contributed by atoms with van der Waals surface area (Å²) in [6.45, 7) is 6.74. The number of halogens is 1. The second-order valence-electron chi connectivity index (χ2n) is 9.04. The number of benzene rings is 2. The van der Waals surface area contributed by atoms with E-state index in [0.29, 0.717) is 29.8 Å². The summed E-state index contributed by atoms with van der Waals surface area (Å²) in [5, 5.41) is 8.91. The van der Waals surface area contributed by atoms with E-state index in [4.69, 9.17) is 26.4 Å². The van der Waals surface area contributed by atoms with Gasteiger partial charge in [-0.25, -0.2) is 4.68 Å². The van der Waals surface area contributed by atoms with Crippen LogP contribution < -0.4 is 10.1 Å². The van der Waals surface area contributed by atoms with Gasteiger partial charge in [-0.3, -0.25) is 4.79 Å². The highest BCUT2D eigenvalue weighted by Crippen LogP contribution is 2.47. The van der Waals surface area contributed by atoms with Crippen LogP contribution in [0.1, 0.15) is 45.2 Å². The zero-order valence-electron chi connectivity index (χ0n) is 18.4. The molecule has 0 saturated heterocycles. The fourth-order valence-corrected chi connectivity index (χ4v) is 4.74. The third-order valence-corrected chi connectivity index (χ3v) is 6.20. The number of fused-ring (bicyclic) bond motifs is 1. The van der Waals surface area contributed by atoms with Gasteiger partial charge in [0, 0.05) is 33.8 Å². The number of aromatic nitrogens is 3. The van der Waals surface area contributed by atoms with Gasteiger partial charge < -0.3 is 10.1 Å². The zero-order valence-corrected chi connectivity index (χ0v) is 19.1. The summed E-state index contributed by atoms with van der Waals surface area (Å²) in [5.74, 6) is 2.08. The van der Waals surface area contributed by atoms with Gasteiger partial charge in [-0.2, -0.15) is 4.98 Å². The van der Waals surface area contributed by atoms with Crippen molar-refractivity contribution in [1.29, 1.82) is 0 Å². The predicted molar refractivity (Wildman–Crippen MR) is 125 cm³/mol. The van der Waals surface area contributed by atoms with Crippen LogP contribution in [0.25, 0.3) is 11.4 Å². The van der Waals surface area contributed by atoms with Gasteiger partial charge in [-0.1, -0.05) is 43.6 Å². The Morgan fingerprint density at radius 2 is 1.91 bits per heavy atom. The van der Waals surface area contributed by atoms with Crippen molar-refractivity contribution in [3.8, 4) is 17.1 Å². The highest BCUT2D eigenvalue weighted by Gasteiger charge is 2.42. The molecule has 0 spiro atoms. The third-order valence-electron chi connectivity index (χ3n) is 5.95. The maximum atomic E-state index is 13.4. The molecule has 164 valence electrons. The number of carbonyl (C=O) groups is 1. The molecule has 0 bridgehead atoms. The van der Waals surface area contributed by atoms with Crippen LogP contribution in [0.15, 0.2) is 59.8 Å². The average Bonchev–Trinajstić information content (AvgIpc) is 3.16. The summed E-state index contributed by atoms with van der Waals surface area (Å²) < 4.78 is 7.75. The molecule has 6 nitrogen and oxygen atoms in total. The lowest BCUT2D eigenvalue weighted by molar-refractivity contribution is -0.118. The van der Waals surface area contributed by atoms with Gasteiger partial charge >= 0.3 is 0 Å². The molecule has 1 N–H and O–H groups in total. The molecule has 1 aliphatic heterocycles. The SMILES string of the molecule is CCOc1ccccc1C1C2=C(CC(C)(C)CC2=O)Nc2nc(-c3ccc(Cl)cc3)nn21. The normalized spacial score (nSPS) is 19.2. The first-order valence-electron chi connectivity index (χ1n) is 10.8. The van der Waals surface area contributed by atoms with E-state index < -0.39 is 6.04 Å². The van der Waals surface area contributed by atoms with Crippen LogP contribution in [0.5, 0.6) is 5.75 Å². The van der Waals surface area contributed by atoms with Crippen molar-refractivity contribution < 1.29 is 9.53 Å². The van der Waals surface area contributed by atoms with Crippen molar-refractivity contribution in [2.75, 3.05) is 11.9 Å².